The number of aryl methyl sites for hydroxylation is 1. The van der Waals surface area contributed by atoms with E-state index in [1.807, 2.05) is 18.9 Å². The highest BCUT2D eigenvalue weighted by Gasteiger charge is 2.15. The molecule has 1 aromatic heterocycles. The molecular weight excluding hydrogens is 222 g/mol. The van der Waals surface area contributed by atoms with Crippen LogP contribution >= 0.6 is 0 Å². The third kappa shape index (κ3) is 3.13. The van der Waals surface area contributed by atoms with Crippen molar-refractivity contribution in [2.24, 2.45) is 0 Å². The number of carbonyl (C=O) groups is 1. The fourth-order valence-corrected chi connectivity index (χ4v) is 1.38. The van der Waals surface area contributed by atoms with Crippen LogP contribution in [0.2, 0.25) is 0 Å². The van der Waals surface area contributed by atoms with E-state index in [1.54, 1.807) is 14.0 Å². The highest BCUT2D eigenvalue weighted by atomic mass is 16.5. The highest BCUT2D eigenvalue weighted by Crippen LogP contribution is 2.12. The third-order valence-corrected chi connectivity index (χ3v) is 2.58. The minimum Gasteiger partial charge on any atom is -0.478 e. The van der Waals surface area contributed by atoms with E-state index in [1.165, 1.54) is 6.20 Å². The van der Waals surface area contributed by atoms with Crippen LogP contribution in [-0.4, -0.2) is 47.8 Å². The Bertz CT molecular complexity index is 409. The molecule has 0 aromatic carbocycles. The summed E-state index contributed by atoms with van der Waals surface area (Å²) in [5, 5.41) is 8.87. The number of hydrogen-bond donors (Lipinski definition) is 1. The van der Waals surface area contributed by atoms with Gasteiger partial charge in [-0.1, -0.05) is 0 Å². The number of hydrogen-bond acceptors (Lipinski definition) is 5. The zero-order chi connectivity index (χ0) is 13.0. The summed E-state index contributed by atoms with van der Waals surface area (Å²) < 4.78 is 5.05. The number of carboxylic acids is 1. The van der Waals surface area contributed by atoms with Crippen molar-refractivity contribution in [1.29, 1.82) is 0 Å². The molecule has 0 spiro atoms. The summed E-state index contributed by atoms with van der Waals surface area (Å²) in [5.74, 6) is -0.515. The molecule has 0 saturated heterocycles. The molecule has 1 atom stereocenters. The quantitative estimate of drug-likeness (QED) is 0.824. The van der Waals surface area contributed by atoms with Crippen LogP contribution in [0.25, 0.3) is 0 Å². The molecule has 0 bridgehead atoms. The van der Waals surface area contributed by atoms with Crippen molar-refractivity contribution in [2.45, 2.75) is 19.9 Å². The lowest BCUT2D eigenvalue weighted by Crippen LogP contribution is -2.34. The lowest BCUT2D eigenvalue weighted by molar-refractivity contribution is 0.0695. The molecule has 0 aliphatic carbocycles. The van der Waals surface area contributed by atoms with Crippen molar-refractivity contribution in [3.8, 4) is 0 Å². The Kier molecular flexibility index (Phi) is 4.39. The van der Waals surface area contributed by atoms with Gasteiger partial charge in [0.2, 0.25) is 5.95 Å². The Balaban J connectivity index is 2.93. The minimum atomic E-state index is -1.01. The number of likely N-dealkylation sites (N-methyl/N-ethyl adjacent to an activating group) is 1. The molecule has 1 rings (SSSR count). The van der Waals surface area contributed by atoms with Crippen LogP contribution in [-0.2, 0) is 4.74 Å². The van der Waals surface area contributed by atoms with Gasteiger partial charge in [-0.15, -0.1) is 0 Å². The second kappa shape index (κ2) is 5.58. The number of carboxylic acid groups (broad SMARTS) is 1. The van der Waals surface area contributed by atoms with Gasteiger partial charge in [-0.25, -0.2) is 14.8 Å². The van der Waals surface area contributed by atoms with Crippen LogP contribution in [0.5, 0.6) is 0 Å². The van der Waals surface area contributed by atoms with E-state index in [2.05, 4.69) is 9.97 Å². The summed E-state index contributed by atoms with van der Waals surface area (Å²) in [5.41, 5.74) is 0.584. The molecule has 17 heavy (non-hydrogen) atoms. The van der Waals surface area contributed by atoms with Crippen LogP contribution in [0, 0.1) is 6.92 Å². The number of ether oxygens (including phenoxy) is 1. The Labute approximate surface area is 100 Å². The van der Waals surface area contributed by atoms with Crippen molar-refractivity contribution in [1.82, 2.24) is 9.97 Å². The second-order valence-corrected chi connectivity index (χ2v) is 3.89. The van der Waals surface area contributed by atoms with Gasteiger partial charge in [0, 0.05) is 20.4 Å². The number of aromatic carboxylic acids is 1. The normalized spacial score (nSPS) is 12.2. The standard InChI is InChI=1S/C11H17N3O3/c1-7(6-17-4)14(3)11-12-5-9(10(15)16)8(2)13-11/h5,7H,6H2,1-4H3,(H,15,16). The van der Waals surface area contributed by atoms with Crippen molar-refractivity contribution in [3.63, 3.8) is 0 Å². The minimum absolute atomic E-state index is 0.120. The van der Waals surface area contributed by atoms with Crippen LogP contribution in [0.4, 0.5) is 5.95 Å². The molecule has 1 N–H and O–H groups in total. The van der Waals surface area contributed by atoms with E-state index in [9.17, 15) is 4.79 Å². The van der Waals surface area contributed by atoms with Crippen molar-refractivity contribution < 1.29 is 14.6 Å². The van der Waals surface area contributed by atoms with Gasteiger partial charge in [0.05, 0.1) is 23.9 Å². The zero-order valence-corrected chi connectivity index (χ0v) is 10.5. The van der Waals surface area contributed by atoms with Crippen LogP contribution in [0.3, 0.4) is 0 Å². The Morgan fingerprint density at radius 3 is 2.76 bits per heavy atom. The molecule has 1 unspecified atom stereocenters. The molecule has 6 nitrogen and oxygen atoms in total. The van der Waals surface area contributed by atoms with Gasteiger partial charge in [0.25, 0.3) is 0 Å². The van der Waals surface area contributed by atoms with Crippen LogP contribution < -0.4 is 4.90 Å². The molecule has 6 heteroatoms. The van der Waals surface area contributed by atoms with E-state index in [0.29, 0.717) is 18.2 Å². The fourth-order valence-electron chi connectivity index (χ4n) is 1.38. The van der Waals surface area contributed by atoms with Crippen LogP contribution in [0.1, 0.15) is 23.0 Å². The van der Waals surface area contributed by atoms with E-state index in [-0.39, 0.29) is 11.6 Å². The van der Waals surface area contributed by atoms with Gasteiger partial charge in [-0.05, 0) is 13.8 Å². The smallest absolute Gasteiger partial charge is 0.339 e. The number of aromatic nitrogens is 2. The maximum Gasteiger partial charge on any atom is 0.339 e. The molecular formula is C11H17N3O3. The first-order valence-corrected chi connectivity index (χ1v) is 5.26. The monoisotopic (exact) mass is 239 g/mol. The average molecular weight is 239 g/mol. The Morgan fingerprint density at radius 2 is 2.29 bits per heavy atom. The van der Waals surface area contributed by atoms with E-state index in [4.69, 9.17) is 9.84 Å². The maximum atomic E-state index is 10.8. The molecule has 0 radical (unpaired) electrons. The number of anilines is 1. The summed E-state index contributed by atoms with van der Waals surface area (Å²) >= 11 is 0. The van der Waals surface area contributed by atoms with Gasteiger partial charge in [0.1, 0.15) is 0 Å². The van der Waals surface area contributed by atoms with Gasteiger partial charge < -0.3 is 14.7 Å². The first-order valence-electron chi connectivity index (χ1n) is 5.26. The number of methoxy groups -OCH3 is 1. The number of nitrogens with zero attached hydrogens (tertiary/aromatic N) is 3. The summed E-state index contributed by atoms with van der Waals surface area (Å²) in [6, 6.07) is 0.120. The van der Waals surface area contributed by atoms with Gasteiger partial charge in [0.15, 0.2) is 0 Å². The molecule has 0 fully saturated rings. The molecule has 94 valence electrons. The molecule has 0 aliphatic rings. The largest absolute Gasteiger partial charge is 0.478 e. The van der Waals surface area contributed by atoms with Crippen LogP contribution in [0.15, 0.2) is 6.20 Å². The summed E-state index contributed by atoms with van der Waals surface area (Å²) in [7, 11) is 3.48. The average Bonchev–Trinajstić information content (AvgIpc) is 2.27. The SMILES string of the molecule is COCC(C)N(C)c1ncc(C(=O)O)c(C)n1. The first-order chi connectivity index (χ1) is 7.97. The predicted octanol–water partition coefficient (Wildman–Crippen LogP) is 0.954. The van der Waals surface area contributed by atoms with Gasteiger partial charge >= 0.3 is 5.97 Å². The molecule has 1 heterocycles. The predicted molar refractivity (Wildman–Crippen MR) is 63.5 cm³/mol. The zero-order valence-electron chi connectivity index (χ0n) is 10.5. The summed E-state index contributed by atoms with van der Waals surface area (Å²) in [6.07, 6.45) is 1.33. The Morgan fingerprint density at radius 1 is 1.65 bits per heavy atom. The van der Waals surface area contributed by atoms with Crippen molar-refractivity contribution in [3.05, 3.63) is 17.5 Å². The summed E-state index contributed by atoms with van der Waals surface area (Å²) in [6.45, 7) is 4.19. The fraction of sp³-hybridized carbons (Fsp3) is 0.545. The molecule has 0 saturated carbocycles. The summed E-state index contributed by atoms with van der Waals surface area (Å²) in [4.78, 5) is 20.9. The van der Waals surface area contributed by atoms with E-state index >= 15 is 0 Å². The second-order valence-electron chi connectivity index (χ2n) is 3.89. The Hall–Kier alpha value is -1.69. The lowest BCUT2D eigenvalue weighted by atomic mass is 10.2. The highest BCUT2D eigenvalue weighted by molar-refractivity contribution is 5.88. The van der Waals surface area contributed by atoms with Gasteiger partial charge in [-0.2, -0.15) is 0 Å². The van der Waals surface area contributed by atoms with Crippen molar-refractivity contribution >= 4 is 11.9 Å². The lowest BCUT2D eigenvalue weighted by Gasteiger charge is -2.24. The third-order valence-electron chi connectivity index (χ3n) is 2.58. The van der Waals surface area contributed by atoms with Gasteiger partial charge in [-0.3, -0.25) is 0 Å². The van der Waals surface area contributed by atoms with Crippen molar-refractivity contribution in [2.75, 3.05) is 25.7 Å². The first kappa shape index (κ1) is 13.4. The maximum absolute atomic E-state index is 10.8. The molecule has 0 aliphatic heterocycles. The number of rotatable bonds is 5. The topological polar surface area (TPSA) is 75.5 Å². The van der Waals surface area contributed by atoms with E-state index < -0.39 is 5.97 Å². The van der Waals surface area contributed by atoms with E-state index in [0.717, 1.165) is 0 Å². The molecule has 1 aromatic rings. The molecule has 0 amide bonds.